The maximum Gasteiger partial charge on any atom is 0.318 e. The molecular formula is C19H23N7O. The van der Waals surface area contributed by atoms with Crippen LogP contribution in [0.3, 0.4) is 0 Å². The van der Waals surface area contributed by atoms with E-state index in [-0.39, 0.29) is 12.1 Å². The number of fused-ring (bicyclic) bond motifs is 1. The second-order valence-corrected chi connectivity index (χ2v) is 6.57. The Bertz CT molecular complexity index is 902. The zero-order chi connectivity index (χ0) is 18.6. The highest BCUT2D eigenvalue weighted by Gasteiger charge is 2.29. The number of amides is 2. The summed E-state index contributed by atoms with van der Waals surface area (Å²) in [5.41, 5.74) is 2.07. The van der Waals surface area contributed by atoms with Gasteiger partial charge in [0.1, 0.15) is 5.82 Å². The number of urea groups is 1. The molecule has 0 spiro atoms. The number of hydrogen-bond donors (Lipinski definition) is 2. The Kier molecular flexibility index (Phi) is 4.86. The first-order valence-corrected chi connectivity index (χ1v) is 9.27. The van der Waals surface area contributed by atoms with E-state index in [0.717, 1.165) is 30.9 Å². The lowest BCUT2D eigenvalue weighted by atomic mass is 10.1. The summed E-state index contributed by atoms with van der Waals surface area (Å²) in [5.74, 6) is 1.36. The van der Waals surface area contributed by atoms with Gasteiger partial charge in [0.05, 0.1) is 6.04 Å². The summed E-state index contributed by atoms with van der Waals surface area (Å²) >= 11 is 0. The van der Waals surface area contributed by atoms with Gasteiger partial charge < -0.3 is 14.8 Å². The van der Waals surface area contributed by atoms with Crippen LogP contribution in [-0.2, 0) is 13.0 Å². The molecule has 1 atom stereocenters. The number of nitrogens with one attached hydrogen (secondary N) is 2. The first-order valence-electron chi connectivity index (χ1n) is 9.27. The smallest absolute Gasteiger partial charge is 0.318 e. The Balaban J connectivity index is 1.33. The molecule has 140 valence electrons. The van der Waals surface area contributed by atoms with Crippen molar-refractivity contribution < 1.29 is 4.79 Å². The lowest BCUT2D eigenvalue weighted by molar-refractivity contribution is 0.153. The molecule has 1 aliphatic rings. The fourth-order valence-corrected chi connectivity index (χ4v) is 3.56. The number of pyridine rings is 1. The van der Waals surface area contributed by atoms with Crippen LogP contribution in [0, 0.1) is 0 Å². The van der Waals surface area contributed by atoms with Gasteiger partial charge in [0.15, 0.2) is 5.82 Å². The predicted octanol–water partition coefficient (Wildman–Crippen LogP) is 2.39. The normalized spacial score (nSPS) is 16.2. The number of carbonyl (C=O) groups is 1. The van der Waals surface area contributed by atoms with Crippen LogP contribution in [0.25, 0.3) is 11.4 Å². The molecule has 2 N–H and O–H groups in total. The van der Waals surface area contributed by atoms with Crippen molar-refractivity contribution in [3.63, 3.8) is 0 Å². The highest BCUT2D eigenvalue weighted by atomic mass is 16.2. The highest BCUT2D eigenvalue weighted by Crippen LogP contribution is 2.28. The summed E-state index contributed by atoms with van der Waals surface area (Å²) < 4.78 is 2.23. The Morgan fingerprint density at radius 1 is 1.33 bits per heavy atom. The van der Waals surface area contributed by atoms with E-state index in [2.05, 4.69) is 49.2 Å². The summed E-state index contributed by atoms with van der Waals surface area (Å²) in [4.78, 5) is 23.1. The van der Waals surface area contributed by atoms with Gasteiger partial charge >= 0.3 is 6.03 Å². The van der Waals surface area contributed by atoms with Crippen molar-refractivity contribution >= 4 is 6.03 Å². The van der Waals surface area contributed by atoms with Crippen LogP contribution in [0.15, 0.2) is 42.9 Å². The lowest BCUT2D eigenvalue weighted by Gasteiger charge is -2.36. The number of hydrogen-bond acceptors (Lipinski definition) is 4. The average molecular weight is 365 g/mol. The molecule has 0 saturated carbocycles. The maximum atomic E-state index is 12.7. The molecule has 0 aromatic carbocycles. The molecule has 1 aliphatic heterocycles. The van der Waals surface area contributed by atoms with Gasteiger partial charge in [-0.1, -0.05) is 6.92 Å². The zero-order valence-electron chi connectivity index (χ0n) is 15.3. The Labute approximate surface area is 157 Å². The van der Waals surface area contributed by atoms with E-state index in [0.29, 0.717) is 18.8 Å². The third-order valence-electron chi connectivity index (χ3n) is 4.90. The van der Waals surface area contributed by atoms with E-state index in [1.165, 1.54) is 5.69 Å². The van der Waals surface area contributed by atoms with Crippen LogP contribution >= 0.6 is 0 Å². The van der Waals surface area contributed by atoms with E-state index in [4.69, 9.17) is 0 Å². The number of nitrogens with zero attached hydrogens (tertiary/aromatic N) is 5. The topological polar surface area (TPSA) is 91.7 Å². The zero-order valence-corrected chi connectivity index (χ0v) is 15.3. The minimum Gasteiger partial charge on any atom is -0.348 e. The molecule has 0 saturated heterocycles. The SMILES string of the molecule is CC[C@@H]1c2cccn2CCN1C(=O)NCCc1nc(-c2cccnc2)n[nH]1. The van der Waals surface area contributed by atoms with E-state index in [1.54, 1.807) is 12.4 Å². The summed E-state index contributed by atoms with van der Waals surface area (Å²) in [7, 11) is 0. The van der Waals surface area contributed by atoms with E-state index in [1.807, 2.05) is 23.1 Å². The van der Waals surface area contributed by atoms with Crippen LogP contribution in [0.2, 0.25) is 0 Å². The van der Waals surface area contributed by atoms with Crippen LogP contribution in [0.5, 0.6) is 0 Å². The average Bonchev–Trinajstić information content (AvgIpc) is 3.37. The van der Waals surface area contributed by atoms with Crippen molar-refractivity contribution in [2.24, 2.45) is 0 Å². The Morgan fingerprint density at radius 2 is 2.26 bits per heavy atom. The molecular weight excluding hydrogens is 342 g/mol. The summed E-state index contributed by atoms with van der Waals surface area (Å²) in [6.07, 6.45) is 7.02. The van der Waals surface area contributed by atoms with Crippen LogP contribution < -0.4 is 5.32 Å². The van der Waals surface area contributed by atoms with Crippen molar-refractivity contribution in [2.75, 3.05) is 13.1 Å². The molecule has 0 unspecified atom stereocenters. The minimum atomic E-state index is -0.0266. The predicted molar refractivity (Wildman–Crippen MR) is 101 cm³/mol. The second kappa shape index (κ2) is 7.61. The van der Waals surface area contributed by atoms with Gasteiger partial charge in [0, 0.05) is 55.9 Å². The van der Waals surface area contributed by atoms with Gasteiger partial charge in [-0.05, 0) is 30.7 Å². The number of carbonyl (C=O) groups excluding carboxylic acids is 1. The number of rotatable bonds is 5. The number of H-pyrrole nitrogens is 1. The molecule has 3 aromatic rings. The van der Waals surface area contributed by atoms with Gasteiger partial charge in [0.25, 0.3) is 0 Å². The molecule has 4 rings (SSSR count). The molecule has 2 amide bonds. The lowest BCUT2D eigenvalue weighted by Crippen LogP contribution is -2.47. The largest absolute Gasteiger partial charge is 0.348 e. The quantitative estimate of drug-likeness (QED) is 0.726. The first kappa shape index (κ1) is 17.3. The number of aromatic amines is 1. The molecule has 4 heterocycles. The van der Waals surface area contributed by atoms with Crippen molar-refractivity contribution in [3.8, 4) is 11.4 Å². The Hall–Kier alpha value is -3.16. The third kappa shape index (κ3) is 3.55. The fraction of sp³-hybridized carbons (Fsp3) is 0.368. The van der Waals surface area contributed by atoms with Gasteiger partial charge in [-0.3, -0.25) is 10.1 Å². The molecule has 0 radical (unpaired) electrons. The van der Waals surface area contributed by atoms with Crippen LogP contribution in [0.1, 0.15) is 30.9 Å². The monoisotopic (exact) mass is 365 g/mol. The maximum absolute atomic E-state index is 12.7. The van der Waals surface area contributed by atoms with Crippen molar-refractivity contribution in [1.82, 2.24) is 34.9 Å². The standard InChI is InChI=1S/C19H23N7O/c1-2-15-16-6-4-10-25(16)11-12-26(15)19(27)21-9-7-17-22-18(24-23-17)14-5-3-8-20-13-14/h3-6,8,10,13,15H,2,7,9,11-12H2,1H3,(H,21,27)(H,22,23,24)/t15-/m1/s1. The summed E-state index contributed by atoms with van der Waals surface area (Å²) in [6, 6.07) is 8.01. The molecule has 3 aromatic heterocycles. The highest BCUT2D eigenvalue weighted by molar-refractivity contribution is 5.74. The Morgan fingerprint density at radius 3 is 3.07 bits per heavy atom. The molecule has 0 bridgehead atoms. The molecule has 27 heavy (non-hydrogen) atoms. The van der Waals surface area contributed by atoms with Gasteiger partial charge in [-0.15, -0.1) is 0 Å². The second-order valence-electron chi connectivity index (χ2n) is 6.57. The molecule has 8 heteroatoms. The van der Waals surface area contributed by atoms with Gasteiger partial charge in [-0.2, -0.15) is 5.10 Å². The fourth-order valence-electron chi connectivity index (χ4n) is 3.56. The summed E-state index contributed by atoms with van der Waals surface area (Å²) in [5, 5.41) is 10.2. The summed E-state index contributed by atoms with van der Waals surface area (Å²) in [6.45, 7) is 4.18. The van der Waals surface area contributed by atoms with Gasteiger partial charge in [-0.25, -0.2) is 9.78 Å². The van der Waals surface area contributed by atoms with E-state index < -0.39 is 0 Å². The molecule has 0 aliphatic carbocycles. The van der Waals surface area contributed by atoms with E-state index >= 15 is 0 Å². The van der Waals surface area contributed by atoms with Crippen molar-refractivity contribution in [2.45, 2.75) is 32.4 Å². The van der Waals surface area contributed by atoms with E-state index in [9.17, 15) is 4.79 Å². The number of aromatic nitrogens is 5. The molecule has 8 nitrogen and oxygen atoms in total. The minimum absolute atomic E-state index is 0.0266. The molecule has 0 fully saturated rings. The first-order chi connectivity index (χ1) is 13.3. The van der Waals surface area contributed by atoms with Crippen molar-refractivity contribution in [1.29, 1.82) is 0 Å². The van der Waals surface area contributed by atoms with Crippen molar-refractivity contribution in [3.05, 3.63) is 54.4 Å². The van der Waals surface area contributed by atoms with Crippen LogP contribution in [-0.4, -0.2) is 48.8 Å². The third-order valence-corrected chi connectivity index (χ3v) is 4.90. The van der Waals surface area contributed by atoms with Gasteiger partial charge in [0.2, 0.25) is 0 Å². The van der Waals surface area contributed by atoms with Crippen LogP contribution in [0.4, 0.5) is 4.79 Å².